The number of carbonyl (C=O) groups excluding carboxylic acids is 1. The summed E-state index contributed by atoms with van der Waals surface area (Å²) in [5.74, 6) is 0.479. The van der Waals surface area contributed by atoms with Gasteiger partial charge in [-0.2, -0.15) is 0 Å². The summed E-state index contributed by atoms with van der Waals surface area (Å²) in [6, 6.07) is 21.4. The van der Waals surface area contributed by atoms with Crippen LogP contribution in [0.3, 0.4) is 0 Å². The van der Waals surface area contributed by atoms with E-state index in [2.05, 4.69) is 6.07 Å². The maximum atomic E-state index is 11.8. The average molecular weight is 472 g/mol. The first kappa shape index (κ1) is 24.1. The van der Waals surface area contributed by atoms with Crippen molar-refractivity contribution < 1.29 is 14.3 Å². The van der Waals surface area contributed by atoms with Crippen LogP contribution in [-0.2, 0) is 9.53 Å². The number of likely N-dealkylation sites (N-methyl/N-ethyl adjacent to an activating group) is 1. The van der Waals surface area contributed by atoms with Crippen LogP contribution in [0.2, 0.25) is 10.0 Å². The van der Waals surface area contributed by atoms with E-state index in [9.17, 15) is 4.79 Å². The van der Waals surface area contributed by atoms with Crippen LogP contribution in [0.15, 0.2) is 66.7 Å². The van der Waals surface area contributed by atoms with Crippen LogP contribution < -0.4 is 4.74 Å². The molecule has 168 valence electrons. The average Bonchev–Trinajstić information content (AvgIpc) is 2.73. The summed E-state index contributed by atoms with van der Waals surface area (Å²) >= 11 is 12.7. The molecule has 0 amide bonds. The number of esters is 1. The molecule has 0 atom stereocenters. The summed E-state index contributed by atoms with van der Waals surface area (Å²) in [4.78, 5) is 13.7. The van der Waals surface area contributed by atoms with Crippen molar-refractivity contribution in [2.75, 3.05) is 26.7 Å². The summed E-state index contributed by atoms with van der Waals surface area (Å²) in [6.45, 7) is 4.88. The zero-order chi connectivity index (χ0) is 23.1. The molecule has 3 aromatic carbocycles. The van der Waals surface area contributed by atoms with Gasteiger partial charge in [-0.05, 0) is 62.4 Å². The Morgan fingerprint density at radius 1 is 0.938 bits per heavy atom. The van der Waals surface area contributed by atoms with Gasteiger partial charge in [0.1, 0.15) is 12.4 Å². The van der Waals surface area contributed by atoms with E-state index in [0.29, 0.717) is 23.2 Å². The Bertz CT molecular complexity index is 1070. The Balaban J connectivity index is 1.79. The first-order chi connectivity index (χ1) is 15.3. The molecule has 0 N–H and O–H groups in total. The maximum absolute atomic E-state index is 11.8. The highest BCUT2D eigenvalue weighted by atomic mass is 35.5. The predicted molar refractivity (Wildman–Crippen MR) is 132 cm³/mol. The van der Waals surface area contributed by atoms with Crippen molar-refractivity contribution in [2.45, 2.75) is 20.0 Å². The molecule has 3 aromatic rings. The Morgan fingerprint density at radius 2 is 1.69 bits per heavy atom. The van der Waals surface area contributed by atoms with Crippen molar-refractivity contribution in [1.82, 2.24) is 4.90 Å². The molecule has 32 heavy (non-hydrogen) atoms. The Kier molecular flexibility index (Phi) is 8.57. The summed E-state index contributed by atoms with van der Waals surface area (Å²) in [6.07, 6.45) is -0.122. The highest BCUT2D eigenvalue weighted by molar-refractivity contribution is 6.33. The summed E-state index contributed by atoms with van der Waals surface area (Å²) in [5.41, 5.74) is 3.82. The molecule has 0 aliphatic rings. The molecular weight excluding hydrogens is 445 g/mol. The minimum absolute atomic E-state index is 0.122. The molecule has 0 saturated carbocycles. The van der Waals surface area contributed by atoms with Gasteiger partial charge in [0.15, 0.2) is 0 Å². The van der Waals surface area contributed by atoms with Crippen LogP contribution in [0.25, 0.3) is 22.3 Å². The molecule has 6 heteroatoms. The van der Waals surface area contributed by atoms with Gasteiger partial charge in [-0.25, -0.2) is 0 Å². The molecule has 4 nitrogen and oxygen atoms in total. The van der Waals surface area contributed by atoms with Gasteiger partial charge in [0.05, 0.1) is 12.6 Å². The molecule has 0 aliphatic heterocycles. The summed E-state index contributed by atoms with van der Waals surface area (Å²) < 4.78 is 11.3. The first-order valence-corrected chi connectivity index (χ1v) is 11.2. The second-order valence-corrected chi connectivity index (χ2v) is 8.67. The molecule has 3 rings (SSSR count). The van der Waals surface area contributed by atoms with Gasteiger partial charge < -0.3 is 9.47 Å². The number of hydrogen-bond acceptors (Lipinski definition) is 4. The molecular formula is C26H27Cl2NO3. The molecule has 0 heterocycles. The highest BCUT2D eigenvalue weighted by Crippen LogP contribution is 2.38. The van der Waals surface area contributed by atoms with Crippen molar-refractivity contribution in [1.29, 1.82) is 0 Å². The summed E-state index contributed by atoms with van der Waals surface area (Å²) in [5, 5.41) is 1.33. The number of rotatable bonds is 9. The third-order valence-electron chi connectivity index (χ3n) is 4.80. The van der Waals surface area contributed by atoms with Gasteiger partial charge >= 0.3 is 5.97 Å². The van der Waals surface area contributed by atoms with E-state index in [1.807, 2.05) is 86.5 Å². The molecule has 0 spiro atoms. The Morgan fingerprint density at radius 3 is 2.41 bits per heavy atom. The van der Waals surface area contributed by atoms with Crippen molar-refractivity contribution >= 4 is 29.2 Å². The van der Waals surface area contributed by atoms with Crippen molar-refractivity contribution in [3.63, 3.8) is 0 Å². The lowest BCUT2D eigenvalue weighted by Gasteiger charge is -2.19. The number of nitrogens with zero attached hydrogens (tertiary/aromatic N) is 1. The van der Waals surface area contributed by atoms with E-state index in [-0.39, 0.29) is 18.6 Å². The molecule has 0 unspecified atom stereocenters. The molecule has 0 aliphatic carbocycles. The first-order valence-electron chi connectivity index (χ1n) is 10.5. The second-order valence-electron chi connectivity index (χ2n) is 7.83. The molecule has 0 saturated heterocycles. The van der Waals surface area contributed by atoms with Crippen LogP contribution in [-0.4, -0.2) is 43.7 Å². The van der Waals surface area contributed by atoms with Crippen LogP contribution in [0.4, 0.5) is 0 Å². The van der Waals surface area contributed by atoms with Gasteiger partial charge in [0, 0.05) is 27.7 Å². The fourth-order valence-electron chi connectivity index (χ4n) is 3.30. The highest BCUT2D eigenvalue weighted by Gasteiger charge is 2.14. The van der Waals surface area contributed by atoms with Crippen LogP contribution >= 0.6 is 23.2 Å². The van der Waals surface area contributed by atoms with Gasteiger partial charge in [0.25, 0.3) is 0 Å². The van der Waals surface area contributed by atoms with E-state index in [4.69, 9.17) is 32.7 Å². The number of carbonyl (C=O) groups is 1. The SMILES string of the molecule is CC(C)OC(=O)CN(C)CCOc1ccc(-c2cccc(Cl)c2)cc1-c1ccccc1Cl. The number of halogens is 2. The molecule has 0 aromatic heterocycles. The van der Waals surface area contributed by atoms with Gasteiger partial charge in [-0.3, -0.25) is 9.69 Å². The lowest BCUT2D eigenvalue weighted by Crippen LogP contribution is -2.32. The van der Waals surface area contributed by atoms with Crippen LogP contribution in [0.1, 0.15) is 13.8 Å². The van der Waals surface area contributed by atoms with Gasteiger partial charge in [0.2, 0.25) is 0 Å². The van der Waals surface area contributed by atoms with Crippen molar-refractivity contribution in [3.05, 3.63) is 76.8 Å². The van der Waals surface area contributed by atoms with Gasteiger partial charge in [-0.1, -0.05) is 59.6 Å². The van der Waals surface area contributed by atoms with E-state index in [0.717, 1.165) is 28.0 Å². The topological polar surface area (TPSA) is 38.8 Å². The lowest BCUT2D eigenvalue weighted by atomic mass is 9.98. The zero-order valence-electron chi connectivity index (χ0n) is 18.5. The minimum atomic E-state index is -0.245. The third-order valence-corrected chi connectivity index (χ3v) is 5.36. The largest absolute Gasteiger partial charge is 0.492 e. The fraction of sp³-hybridized carbons (Fsp3) is 0.269. The molecule has 0 fully saturated rings. The number of hydrogen-bond donors (Lipinski definition) is 0. The normalized spacial score (nSPS) is 11.1. The van der Waals surface area contributed by atoms with Gasteiger partial charge in [-0.15, -0.1) is 0 Å². The maximum Gasteiger partial charge on any atom is 0.320 e. The third kappa shape index (κ3) is 6.73. The van der Waals surface area contributed by atoms with E-state index >= 15 is 0 Å². The molecule has 0 bridgehead atoms. The second kappa shape index (κ2) is 11.4. The van der Waals surface area contributed by atoms with Crippen molar-refractivity contribution in [2.24, 2.45) is 0 Å². The Hall–Kier alpha value is -2.53. The monoisotopic (exact) mass is 471 g/mol. The van der Waals surface area contributed by atoms with E-state index in [1.165, 1.54) is 0 Å². The smallest absolute Gasteiger partial charge is 0.320 e. The summed E-state index contributed by atoms with van der Waals surface area (Å²) in [7, 11) is 1.86. The number of benzene rings is 3. The fourth-order valence-corrected chi connectivity index (χ4v) is 3.73. The quantitative estimate of drug-likeness (QED) is 0.330. The minimum Gasteiger partial charge on any atom is -0.492 e. The number of ether oxygens (including phenoxy) is 2. The molecule has 0 radical (unpaired) electrons. The van der Waals surface area contributed by atoms with Crippen LogP contribution in [0.5, 0.6) is 5.75 Å². The zero-order valence-corrected chi connectivity index (χ0v) is 20.0. The standard InChI is InChI=1S/C26H27Cl2NO3/c1-18(2)32-26(30)17-29(3)13-14-31-25-12-11-20(19-7-6-8-21(27)15-19)16-23(25)22-9-4-5-10-24(22)28/h4-12,15-16,18H,13-14,17H2,1-3H3. The van der Waals surface area contributed by atoms with Crippen molar-refractivity contribution in [3.8, 4) is 28.0 Å². The lowest BCUT2D eigenvalue weighted by molar-refractivity contribution is -0.148. The Labute approximate surface area is 199 Å². The van der Waals surface area contributed by atoms with Crippen LogP contribution in [0, 0.1) is 0 Å². The van der Waals surface area contributed by atoms with E-state index < -0.39 is 0 Å². The van der Waals surface area contributed by atoms with E-state index in [1.54, 1.807) is 0 Å². The predicted octanol–water partition coefficient (Wildman–Crippen LogP) is 6.59.